The Labute approximate surface area is 178 Å². The Morgan fingerprint density at radius 1 is 0.966 bits per heavy atom. The van der Waals surface area contributed by atoms with Crippen LogP contribution < -0.4 is 10.6 Å². The molecule has 0 aromatic heterocycles. The first-order chi connectivity index (χ1) is 14.2. The zero-order valence-electron chi connectivity index (χ0n) is 18.6. The van der Waals surface area contributed by atoms with Gasteiger partial charge in [-0.2, -0.15) is 0 Å². The van der Waals surface area contributed by atoms with Crippen LogP contribution in [0, 0.1) is 12.0 Å². The third-order valence-corrected chi connectivity index (χ3v) is 5.21. The maximum Gasteiger partial charge on any atom is 0.369 e. The molecule has 0 saturated carbocycles. The molecule has 0 fully saturated rings. The Bertz CT molecular complexity index is 511. The molecule has 0 saturated heterocycles. The van der Waals surface area contributed by atoms with E-state index in [1.54, 1.807) is 10.8 Å². The Morgan fingerprint density at radius 2 is 1.59 bits per heavy atom. The summed E-state index contributed by atoms with van der Waals surface area (Å²) in [4.78, 5) is 12.8. The maximum atomic E-state index is 10.8. The number of hydrogen-bond acceptors (Lipinski definition) is 4. The number of carboxylic acid groups (broad SMARTS) is 1. The zero-order valence-corrected chi connectivity index (χ0v) is 18.6. The third-order valence-electron chi connectivity index (χ3n) is 5.21. The predicted octanol–water partition coefficient (Wildman–Crippen LogP) is 2.53. The van der Waals surface area contributed by atoms with E-state index in [1.165, 1.54) is 64.2 Å². The molecule has 1 heterocycles. The molecular formula is C23H43N4O2+. The largest absolute Gasteiger partial charge is 0.477 e. The molecule has 0 atom stereocenters. The number of aliphatic carboxylic acids is 1. The van der Waals surface area contributed by atoms with Crippen LogP contribution in [0.5, 0.6) is 0 Å². The molecule has 1 aliphatic rings. The highest BCUT2D eigenvalue weighted by Gasteiger charge is 2.13. The van der Waals surface area contributed by atoms with Crippen LogP contribution in [0.1, 0.15) is 71.1 Å². The van der Waals surface area contributed by atoms with Gasteiger partial charge in [0, 0.05) is 38.1 Å². The van der Waals surface area contributed by atoms with Crippen LogP contribution in [0.15, 0.2) is 0 Å². The second kappa shape index (κ2) is 18.4. The maximum absolute atomic E-state index is 10.8. The molecule has 0 radical (unpaired) electrons. The van der Waals surface area contributed by atoms with E-state index in [0.29, 0.717) is 6.54 Å². The smallest absolute Gasteiger partial charge is 0.369 e. The minimum atomic E-state index is -0.816. The standard InChI is InChI=1S/C23H42N4O2/c1-2-3-4-5-6-7-8-9-10-11-13-24-14-15-25-16-19-26-17-12-18-27(21-20-26)22-23(28)29/h18,24-25H,2-11,13-16,19-22H2,1H3/p+1. The Hall–Kier alpha value is -1.58. The van der Waals surface area contributed by atoms with Gasteiger partial charge in [-0.25, -0.2) is 9.37 Å². The van der Waals surface area contributed by atoms with Gasteiger partial charge in [-0.05, 0) is 13.0 Å². The summed E-state index contributed by atoms with van der Waals surface area (Å²) in [6.45, 7) is 8.60. The topological polar surface area (TPSA) is 67.6 Å². The Kier molecular flexibility index (Phi) is 16.2. The summed E-state index contributed by atoms with van der Waals surface area (Å²) in [5.41, 5.74) is 0. The van der Waals surface area contributed by atoms with Crippen LogP contribution in [0.25, 0.3) is 0 Å². The molecule has 6 nitrogen and oxygen atoms in total. The molecule has 0 spiro atoms. The van der Waals surface area contributed by atoms with Crippen LogP contribution in [-0.4, -0.2) is 79.1 Å². The molecule has 1 aliphatic heterocycles. The molecule has 0 unspecified atom stereocenters. The van der Waals surface area contributed by atoms with Crippen LogP contribution in [0.2, 0.25) is 0 Å². The fourth-order valence-electron chi connectivity index (χ4n) is 3.43. The van der Waals surface area contributed by atoms with Gasteiger partial charge in [-0.3, -0.25) is 0 Å². The van der Waals surface area contributed by atoms with E-state index in [-0.39, 0.29) is 6.54 Å². The minimum absolute atomic E-state index is 0.0193. The normalized spacial score (nSPS) is 13.6. The van der Waals surface area contributed by atoms with Gasteiger partial charge in [0.2, 0.25) is 12.8 Å². The lowest BCUT2D eigenvalue weighted by molar-refractivity contribution is -0.512. The predicted molar refractivity (Wildman–Crippen MR) is 121 cm³/mol. The number of nitrogens with zero attached hydrogens (tertiary/aromatic N) is 2. The van der Waals surface area contributed by atoms with Gasteiger partial charge in [-0.1, -0.05) is 64.7 Å². The van der Waals surface area contributed by atoms with Crippen molar-refractivity contribution in [1.82, 2.24) is 15.5 Å². The van der Waals surface area contributed by atoms with E-state index < -0.39 is 5.97 Å². The van der Waals surface area contributed by atoms with Gasteiger partial charge < -0.3 is 20.6 Å². The van der Waals surface area contributed by atoms with Gasteiger partial charge in [0.1, 0.15) is 0 Å². The second-order valence-electron chi connectivity index (χ2n) is 7.92. The van der Waals surface area contributed by atoms with E-state index >= 15 is 0 Å². The summed E-state index contributed by atoms with van der Waals surface area (Å²) in [5, 5.41) is 15.8. The molecule has 0 amide bonds. The molecule has 166 valence electrons. The number of carboxylic acids is 1. The van der Waals surface area contributed by atoms with Crippen molar-refractivity contribution in [2.24, 2.45) is 0 Å². The fourth-order valence-corrected chi connectivity index (χ4v) is 3.43. The monoisotopic (exact) mass is 407 g/mol. The van der Waals surface area contributed by atoms with Crippen molar-refractivity contribution in [3.63, 3.8) is 0 Å². The lowest BCUT2D eigenvalue weighted by Gasteiger charge is -2.15. The van der Waals surface area contributed by atoms with Crippen molar-refractivity contribution >= 4 is 12.2 Å². The van der Waals surface area contributed by atoms with Gasteiger partial charge >= 0.3 is 5.97 Å². The van der Waals surface area contributed by atoms with Gasteiger partial charge in [0.05, 0.1) is 6.54 Å². The van der Waals surface area contributed by atoms with Gasteiger partial charge in [0.15, 0.2) is 6.54 Å². The summed E-state index contributed by atoms with van der Waals surface area (Å²) < 4.78 is 1.75. The molecule has 6 heteroatoms. The van der Waals surface area contributed by atoms with Crippen LogP contribution in [0.3, 0.4) is 0 Å². The van der Waals surface area contributed by atoms with E-state index in [2.05, 4.69) is 34.4 Å². The van der Waals surface area contributed by atoms with Crippen LogP contribution in [-0.2, 0) is 4.79 Å². The van der Waals surface area contributed by atoms with E-state index in [9.17, 15) is 4.79 Å². The first-order valence-corrected chi connectivity index (χ1v) is 11.7. The Morgan fingerprint density at radius 3 is 2.24 bits per heavy atom. The molecule has 29 heavy (non-hydrogen) atoms. The summed E-state index contributed by atoms with van der Waals surface area (Å²) in [6, 6.07) is 3.07. The van der Waals surface area contributed by atoms with Crippen molar-refractivity contribution in [3.8, 4) is 12.0 Å². The van der Waals surface area contributed by atoms with Crippen LogP contribution in [0.4, 0.5) is 0 Å². The average molecular weight is 408 g/mol. The summed E-state index contributed by atoms with van der Waals surface area (Å²) in [5.74, 6) is 2.11. The highest BCUT2D eigenvalue weighted by molar-refractivity contribution is 5.75. The summed E-state index contributed by atoms with van der Waals surface area (Å²) >= 11 is 0. The number of carbonyl (C=O) groups is 1. The van der Waals surface area contributed by atoms with E-state index in [0.717, 1.165) is 39.3 Å². The fraction of sp³-hybridized carbons (Fsp3) is 0.826. The van der Waals surface area contributed by atoms with Gasteiger partial charge in [0.25, 0.3) is 0 Å². The SMILES string of the molecule is CCCCCCCCCCCCNCCNCCN1C#CC=[N+](CC(=O)O)CC1. The average Bonchev–Trinajstić information content (AvgIpc) is 2.92. The highest BCUT2D eigenvalue weighted by Crippen LogP contribution is 2.10. The number of hydrogen-bond donors (Lipinski definition) is 3. The lowest BCUT2D eigenvalue weighted by atomic mass is 10.1. The molecular weight excluding hydrogens is 364 g/mol. The molecule has 0 aromatic carbocycles. The number of unbranched alkanes of at least 4 members (excludes halogenated alkanes) is 9. The van der Waals surface area contributed by atoms with Crippen molar-refractivity contribution in [2.75, 3.05) is 52.4 Å². The van der Waals surface area contributed by atoms with Crippen molar-refractivity contribution in [1.29, 1.82) is 0 Å². The third kappa shape index (κ3) is 16.0. The molecule has 3 N–H and O–H groups in total. The van der Waals surface area contributed by atoms with E-state index in [1.807, 2.05) is 0 Å². The van der Waals surface area contributed by atoms with Crippen molar-refractivity contribution < 1.29 is 14.5 Å². The summed E-state index contributed by atoms with van der Waals surface area (Å²) in [7, 11) is 0. The number of nitrogens with one attached hydrogen (secondary N) is 2. The zero-order chi connectivity index (χ0) is 21.0. The quantitative estimate of drug-likeness (QED) is 0.174. The highest BCUT2D eigenvalue weighted by atomic mass is 16.4. The van der Waals surface area contributed by atoms with E-state index in [4.69, 9.17) is 5.11 Å². The molecule has 0 aromatic rings. The van der Waals surface area contributed by atoms with Crippen LogP contribution >= 0.6 is 0 Å². The minimum Gasteiger partial charge on any atom is -0.477 e. The van der Waals surface area contributed by atoms with Crippen molar-refractivity contribution in [3.05, 3.63) is 0 Å². The van der Waals surface area contributed by atoms with Crippen molar-refractivity contribution in [2.45, 2.75) is 71.1 Å². The Balaban J connectivity index is 1.82. The molecule has 0 bridgehead atoms. The number of rotatable bonds is 19. The molecule has 0 aliphatic carbocycles. The van der Waals surface area contributed by atoms with Gasteiger partial charge in [-0.15, -0.1) is 0 Å². The first-order valence-electron chi connectivity index (χ1n) is 11.7. The molecule has 1 rings (SSSR count). The first kappa shape index (κ1) is 25.5. The second-order valence-corrected chi connectivity index (χ2v) is 7.92. The lowest BCUT2D eigenvalue weighted by Crippen LogP contribution is -2.35. The summed E-state index contributed by atoms with van der Waals surface area (Å²) in [6.07, 6.45) is 15.5.